The second kappa shape index (κ2) is 7.87. The lowest BCUT2D eigenvalue weighted by atomic mass is 10.2. The molecule has 2 amide bonds. The van der Waals surface area contributed by atoms with Crippen LogP contribution in [0.5, 0.6) is 0 Å². The predicted octanol–water partition coefficient (Wildman–Crippen LogP) is 1.39. The van der Waals surface area contributed by atoms with Gasteiger partial charge in [0.2, 0.25) is 0 Å². The smallest absolute Gasteiger partial charge is 0.331 e. The Morgan fingerprint density at radius 1 is 1.07 bits per heavy atom. The summed E-state index contributed by atoms with van der Waals surface area (Å²) in [6.07, 6.45) is 0. The van der Waals surface area contributed by atoms with Crippen molar-refractivity contribution in [1.29, 1.82) is 0 Å². The molecule has 0 aliphatic rings. The first-order valence-electron chi connectivity index (χ1n) is 7.97. The molecular formula is C17H17N5O4S. The van der Waals surface area contributed by atoms with Crippen LogP contribution in [0.2, 0.25) is 0 Å². The van der Waals surface area contributed by atoms with Gasteiger partial charge in [0.05, 0.1) is 17.2 Å². The monoisotopic (exact) mass is 387 g/mol. The number of carbonyl (C=O) groups excluding carboxylic acids is 1. The van der Waals surface area contributed by atoms with Crippen LogP contribution in [0.1, 0.15) is 11.4 Å². The van der Waals surface area contributed by atoms with Gasteiger partial charge in [-0.3, -0.25) is 4.98 Å². The van der Waals surface area contributed by atoms with Crippen LogP contribution in [0.4, 0.5) is 10.5 Å². The van der Waals surface area contributed by atoms with Crippen molar-refractivity contribution in [1.82, 2.24) is 20.5 Å². The molecule has 9 nitrogen and oxygen atoms in total. The highest BCUT2D eigenvalue weighted by Gasteiger charge is 2.15. The van der Waals surface area contributed by atoms with Gasteiger partial charge in [-0.15, -0.1) is 0 Å². The van der Waals surface area contributed by atoms with E-state index in [-0.39, 0.29) is 23.0 Å². The first kappa shape index (κ1) is 18.4. The molecule has 0 aliphatic carbocycles. The number of hydrogen-bond donors (Lipinski definition) is 4. The molecule has 0 saturated heterocycles. The SMILES string of the molecule is O=C(NCc1n[nH]c(=O)[nH]1)Nc1cccc(CS(=O)(=O)c2ccccc2)c1. The number of anilines is 1. The predicted molar refractivity (Wildman–Crippen MR) is 98.8 cm³/mol. The van der Waals surface area contributed by atoms with Crippen molar-refractivity contribution in [3.05, 3.63) is 76.5 Å². The van der Waals surface area contributed by atoms with Crippen LogP contribution in [-0.2, 0) is 22.1 Å². The van der Waals surface area contributed by atoms with E-state index in [1.54, 1.807) is 54.6 Å². The molecule has 1 heterocycles. The standard InChI is InChI=1S/C17H17N5O4S/c23-16(18-10-15-20-17(24)22-21-15)19-13-6-4-5-12(9-13)11-27(25,26)14-7-2-1-3-8-14/h1-9H,10-11H2,(H2,18,19,23)(H2,20,21,22,24). The summed E-state index contributed by atoms with van der Waals surface area (Å²) in [6.45, 7) is 0.0344. The Balaban J connectivity index is 1.63. The van der Waals surface area contributed by atoms with E-state index in [0.717, 1.165) is 0 Å². The van der Waals surface area contributed by atoms with Crippen LogP contribution in [0, 0.1) is 0 Å². The van der Waals surface area contributed by atoms with Crippen molar-refractivity contribution in [2.45, 2.75) is 17.2 Å². The van der Waals surface area contributed by atoms with Gasteiger partial charge in [-0.2, -0.15) is 5.10 Å². The lowest BCUT2D eigenvalue weighted by molar-refractivity contribution is 0.251. The molecule has 0 unspecified atom stereocenters. The van der Waals surface area contributed by atoms with E-state index in [4.69, 9.17) is 0 Å². The highest BCUT2D eigenvalue weighted by atomic mass is 32.2. The molecule has 27 heavy (non-hydrogen) atoms. The number of benzene rings is 2. The van der Waals surface area contributed by atoms with Gasteiger partial charge in [0.25, 0.3) is 0 Å². The van der Waals surface area contributed by atoms with Crippen molar-refractivity contribution in [2.75, 3.05) is 5.32 Å². The summed E-state index contributed by atoms with van der Waals surface area (Å²) >= 11 is 0. The lowest BCUT2D eigenvalue weighted by Gasteiger charge is -2.09. The number of carbonyl (C=O) groups is 1. The molecule has 10 heteroatoms. The van der Waals surface area contributed by atoms with Gasteiger partial charge in [-0.05, 0) is 29.8 Å². The zero-order valence-corrected chi connectivity index (χ0v) is 14.9. The maximum atomic E-state index is 12.5. The van der Waals surface area contributed by atoms with Crippen LogP contribution >= 0.6 is 0 Å². The quantitative estimate of drug-likeness (QED) is 0.507. The average Bonchev–Trinajstić information content (AvgIpc) is 3.06. The molecule has 2 aromatic carbocycles. The van der Waals surface area contributed by atoms with E-state index in [2.05, 4.69) is 25.8 Å². The number of rotatable bonds is 6. The molecule has 3 aromatic rings. The molecule has 3 rings (SSSR count). The fourth-order valence-electron chi connectivity index (χ4n) is 2.40. The summed E-state index contributed by atoms with van der Waals surface area (Å²) in [5.41, 5.74) is 0.539. The minimum absolute atomic E-state index is 0.0344. The van der Waals surface area contributed by atoms with Gasteiger partial charge in [0, 0.05) is 5.69 Å². The highest BCUT2D eigenvalue weighted by Crippen LogP contribution is 2.18. The van der Waals surface area contributed by atoms with Gasteiger partial charge >= 0.3 is 11.7 Å². The van der Waals surface area contributed by atoms with Gasteiger partial charge in [0.15, 0.2) is 9.84 Å². The molecular weight excluding hydrogens is 370 g/mol. The summed E-state index contributed by atoms with van der Waals surface area (Å²) in [7, 11) is -3.48. The number of amides is 2. The van der Waals surface area contributed by atoms with E-state index in [1.165, 1.54) is 0 Å². The number of nitrogens with zero attached hydrogens (tertiary/aromatic N) is 1. The maximum Gasteiger partial charge on any atom is 0.340 e. The van der Waals surface area contributed by atoms with Crippen molar-refractivity contribution < 1.29 is 13.2 Å². The fraction of sp³-hybridized carbons (Fsp3) is 0.118. The third-order valence-corrected chi connectivity index (χ3v) is 5.31. The molecule has 4 N–H and O–H groups in total. The molecule has 140 valence electrons. The first-order valence-corrected chi connectivity index (χ1v) is 9.63. The normalized spacial score (nSPS) is 11.1. The molecule has 0 atom stereocenters. The highest BCUT2D eigenvalue weighted by molar-refractivity contribution is 7.90. The Hall–Kier alpha value is -3.40. The minimum Gasteiger partial charge on any atom is -0.331 e. The van der Waals surface area contributed by atoms with Crippen molar-refractivity contribution in [3.8, 4) is 0 Å². The molecule has 0 bridgehead atoms. The number of aromatic nitrogens is 3. The van der Waals surface area contributed by atoms with Crippen LogP contribution in [-0.4, -0.2) is 29.6 Å². The summed E-state index contributed by atoms with van der Waals surface area (Å²) in [6, 6.07) is 14.3. The largest absolute Gasteiger partial charge is 0.340 e. The fourth-order valence-corrected chi connectivity index (χ4v) is 3.75. The number of nitrogens with one attached hydrogen (secondary N) is 4. The molecule has 0 fully saturated rings. The Labute approximate surface area is 154 Å². The van der Waals surface area contributed by atoms with Crippen LogP contribution in [0.25, 0.3) is 0 Å². The van der Waals surface area contributed by atoms with E-state index < -0.39 is 21.6 Å². The zero-order chi connectivity index (χ0) is 19.3. The molecule has 1 aromatic heterocycles. The first-order chi connectivity index (χ1) is 12.9. The molecule has 0 aliphatic heterocycles. The number of sulfone groups is 1. The molecule has 0 saturated carbocycles. The van der Waals surface area contributed by atoms with E-state index in [0.29, 0.717) is 11.3 Å². The summed E-state index contributed by atoms with van der Waals surface area (Å²) in [5, 5.41) is 11.0. The third kappa shape index (κ3) is 5.05. The molecule has 0 radical (unpaired) electrons. The Morgan fingerprint density at radius 3 is 2.56 bits per heavy atom. The average molecular weight is 387 g/mol. The van der Waals surface area contributed by atoms with Gasteiger partial charge in [0.1, 0.15) is 5.82 Å². The number of urea groups is 1. The lowest BCUT2D eigenvalue weighted by Crippen LogP contribution is -2.28. The van der Waals surface area contributed by atoms with Gasteiger partial charge in [-0.1, -0.05) is 30.3 Å². The minimum atomic E-state index is -3.48. The summed E-state index contributed by atoms with van der Waals surface area (Å²) in [5.74, 6) is 0.112. The number of H-pyrrole nitrogens is 2. The Kier molecular flexibility index (Phi) is 5.36. The zero-order valence-electron chi connectivity index (χ0n) is 14.1. The molecule has 0 spiro atoms. The van der Waals surface area contributed by atoms with Crippen molar-refractivity contribution in [3.63, 3.8) is 0 Å². The topological polar surface area (TPSA) is 137 Å². The number of hydrogen-bond acceptors (Lipinski definition) is 5. The number of aromatic amines is 2. The van der Waals surface area contributed by atoms with Crippen molar-refractivity contribution >= 4 is 21.6 Å². The maximum absolute atomic E-state index is 12.5. The van der Waals surface area contributed by atoms with E-state index in [9.17, 15) is 18.0 Å². The van der Waals surface area contributed by atoms with Gasteiger partial charge < -0.3 is 10.6 Å². The van der Waals surface area contributed by atoms with Crippen LogP contribution in [0.3, 0.4) is 0 Å². The van der Waals surface area contributed by atoms with E-state index in [1.807, 2.05) is 0 Å². The third-order valence-electron chi connectivity index (χ3n) is 3.61. The second-order valence-corrected chi connectivity index (χ2v) is 7.69. The van der Waals surface area contributed by atoms with E-state index >= 15 is 0 Å². The second-order valence-electron chi connectivity index (χ2n) is 5.70. The van der Waals surface area contributed by atoms with Crippen LogP contribution < -0.4 is 16.3 Å². The summed E-state index contributed by atoms with van der Waals surface area (Å²) < 4.78 is 24.9. The Bertz CT molecular complexity index is 1090. The van der Waals surface area contributed by atoms with Gasteiger partial charge in [-0.25, -0.2) is 23.1 Å². The van der Waals surface area contributed by atoms with Crippen LogP contribution in [0.15, 0.2) is 64.3 Å². The summed E-state index contributed by atoms with van der Waals surface area (Å²) in [4.78, 5) is 25.5. The Morgan fingerprint density at radius 2 is 1.85 bits per heavy atom. The van der Waals surface area contributed by atoms with Crippen molar-refractivity contribution in [2.24, 2.45) is 0 Å².